The monoisotopic (exact) mass is 320 g/mol. The van der Waals surface area contributed by atoms with Gasteiger partial charge < -0.3 is 18.9 Å². The first-order valence-electron chi connectivity index (χ1n) is 8.25. The zero-order valence-corrected chi connectivity index (χ0v) is 14.3. The molecule has 0 saturated carbocycles. The summed E-state index contributed by atoms with van der Waals surface area (Å²) in [6.45, 7) is 5.66. The van der Waals surface area contributed by atoms with E-state index >= 15 is 0 Å². The van der Waals surface area contributed by atoms with E-state index in [1.807, 2.05) is 31.2 Å². The van der Waals surface area contributed by atoms with E-state index in [9.17, 15) is 0 Å². The van der Waals surface area contributed by atoms with E-state index in [-0.39, 0.29) is 18.3 Å². The van der Waals surface area contributed by atoms with Crippen LogP contribution < -0.4 is 0 Å². The molecule has 0 aromatic heterocycles. The predicted octanol–water partition coefficient (Wildman–Crippen LogP) is 3.56. The van der Waals surface area contributed by atoms with E-state index in [4.69, 9.17) is 18.9 Å². The number of hydrogen-bond donors (Lipinski definition) is 0. The van der Waals surface area contributed by atoms with Gasteiger partial charge in [-0.2, -0.15) is 0 Å². The molecule has 1 fully saturated rings. The van der Waals surface area contributed by atoms with Crippen molar-refractivity contribution in [2.75, 3.05) is 20.5 Å². The molecule has 128 valence electrons. The van der Waals surface area contributed by atoms with Crippen LogP contribution >= 0.6 is 0 Å². The second kappa shape index (κ2) is 9.83. The SMILES string of the molecule is C/C=C/[C@H]1O[C@@H](COCc2ccccc2)C[C@@H](OCOC)[C@@H]1C. The third kappa shape index (κ3) is 5.74. The van der Waals surface area contributed by atoms with Gasteiger partial charge in [0.05, 0.1) is 31.5 Å². The Morgan fingerprint density at radius 1 is 1.26 bits per heavy atom. The minimum atomic E-state index is 0.0398. The molecular formula is C19H28O4. The van der Waals surface area contributed by atoms with Gasteiger partial charge in [-0.3, -0.25) is 0 Å². The molecule has 4 atom stereocenters. The van der Waals surface area contributed by atoms with Gasteiger partial charge >= 0.3 is 0 Å². The van der Waals surface area contributed by atoms with Crippen molar-refractivity contribution in [3.63, 3.8) is 0 Å². The molecule has 0 unspecified atom stereocenters. The molecule has 0 bridgehead atoms. The van der Waals surface area contributed by atoms with Crippen LogP contribution in [-0.2, 0) is 25.6 Å². The molecule has 1 aliphatic rings. The molecule has 2 rings (SSSR count). The second-order valence-electron chi connectivity index (χ2n) is 5.96. The van der Waals surface area contributed by atoms with Crippen LogP contribution in [0.5, 0.6) is 0 Å². The van der Waals surface area contributed by atoms with Crippen molar-refractivity contribution in [1.82, 2.24) is 0 Å². The quantitative estimate of drug-likeness (QED) is 0.542. The summed E-state index contributed by atoms with van der Waals surface area (Å²) in [6.07, 6.45) is 5.17. The molecular weight excluding hydrogens is 292 g/mol. The van der Waals surface area contributed by atoms with E-state index < -0.39 is 0 Å². The molecule has 0 aliphatic carbocycles. The Hall–Kier alpha value is -1.20. The largest absolute Gasteiger partial charge is 0.374 e. The summed E-state index contributed by atoms with van der Waals surface area (Å²) in [5.74, 6) is 0.298. The number of rotatable bonds is 8. The van der Waals surface area contributed by atoms with Crippen molar-refractivity contribution in [1.29, 1.82) is 0 Å². The average molecular weight is 320 g/mol. The first kappa shape index (κ1) is 18.1. The van der Waals surface area contributed by atoms with Crippen LogP contribution in [0.2, 0.25) is 0 Å². The summed E-state index contributed by atoms with van der Waals surface area (Å²) in [5, 5.41) is 0. The molecule has 0 N–H and O–H groups in total. The lowest BCUT2D eigenvalue weighted by Gasteiger charge is -2.39. The fraction of sp³-hybridized carbons (Fsp3) is 0.579. The predicted molar refractivity (Wildman–Crippen MR) is 90.1 cm³/mol. The lowest BCUT2D eigenvalue weighted by Crippen LogP contribution is -2.45. The highest BCUT2D eigenvalue weighted by Crippen LogP contribution is 2.29. The molecule has 0 amide bonds. The molecule has 4 heteroatoms. The maximum Gasteiger partial charge on any atom is 0.146 e. The molecule has 0 spiro atoms. The van der Waals surface area contributed by atoms with Gasteiger partial charge in [0.1, 0.15) is 6.79 Å². The minimum Gasteiger partial charge on any atom is -0.374 e. The van der Waals surface area contributed by atoms with Crippen LogP contribution in [0.4, 0.5) is 0 Å². The lowest BCUT2D eigenvalue weighted by atomic mass is 9.90. The van der Waals surface area contributed by atoms with E-state index in [1.165, 1.54) is 5.56 Å². The van der Waals surface area contributed by atoms with Crippen molar-refractivity contribution in [3.05, 3.63) is 48.0 Å². The molecule has 1 heterocycles. The summed E-state index contributed by atoms with van der Waals surface area (Å²) in [4.78, 5) is 0. The smallest absolute Gasteiger partial charge is 0.146 e. The summed E-state index contributed by atoms with van der Waals surface area (Å²) in [5.41, 5.74) is 1.17. The van der Waals surface area contributed by atoms with Crippen LogP contribution in [-0.4, -0.2) is 38.8 Å². The maximum absolute atomic E-state index is 6.15. The first-order chi connectivity index (χ1) is 11.2. The number of allylic oxidation sites excluding steroid dienone is 1. The van der Waals surface area contributed by atoms with Gasteiger partial charge in [-0.25, -0.2) is 0 Å². The Balaban J connectivity index is 1.86. The molecule has 23 heavy (non-hydrogen) atoms. The zero-order valence-electron chi connectivity index (χ0n) is 14.3. The van der Waals surface area contributed by atoms with E-state index in [2.05, 4.69) is 25.1 Å². The highest BCUT2D eigenvalue weighted by atomic mass is 16.7. The van der Waals surface area contributed by atoms with Crippen molar-refractivity contribution < 1.29 is 18.9 Å². The second-order valence-corrected chi connectivity index (χ2v) is 5.96. The van der Waals surface area contributed by atoms with E-state index in [0.717, 1.165) is 6.42 Å². The topological polar surface area (TPSA) is 36.9 Å². The van der Waals surface area contributed by atoms with Crippen LogP contribution in [0, 0.1) is 5.92 Å². The highest BCUT2D eigenvalue weighted by Gasteiger charge is 2.35. The van der Waals surface area contributed by atoms with E-state index in [0.29, 0.717) is 25.9 Å². The Bertz CT molecular complexity index is 460. The molecule has 1 aliphatic heterocycles. The molecule has 1 aromatic carbocycles. The third-order valence-electron chi connectivity index (χ3n) is 4.15. The first-order valence-corrected chi connectivity index (χ1v) is 8.25. The fourth-order valence-corrected chi connectivity index (χ4v) is 2.86. The number of ether oxygens (including phenoxy) is 4. The summed E-state index contributed by atoms with van der Waals surface area (Å²) in [7, 11) is 1.65. The summed E-state index contributed by atoms with van der Waals surface area (Å²) in [6, 6.07) is 10.2. The van der Waals surface area contributed by atoms with Crippen LogP contribution in [0.1, 0.15) is 25.8 Å². The number of hydrogen-bond acceptors (Lipinski definition) is 4. The zero-order chi connectivity index (χ0) is 16.5. The molecule has 1 aromatic rings. The fourth-order valence-electron chi connectivity index (χ4n) is 2.86. The Kier molecular flexibility index (Phi) is 7.76. The van der Waals surface area contributed by atoms with Gasteiger partial charge in [-0.1, -0.05) is 49.4 Å². The third-order valence-corrected chi connectivity index (χ3v) is 4.15. The summed E-state index contributed by atoms with van der Waals surface area (Å²) < 4.78 is 22.9. The number of benzene rings is 1. The van der Waals surface area contributed by atoms with Crippen molar-refractivity contribution in [2.45, 2.75) is 45.2 Å². The molecule has 1 saturated heterocycles. The Morgan fingerprint density at radius 3 is 2.74 bits per heavy atom. The lowest BCUT2D eigenvalue weighted by molar-refractivity contribution is -0.176. The van der Waals surface area contributed by atoms with Gasteiger partial charge in [-0.15, -0.1) is 0 Å². The van der Waals surface area contributed by atoms with Crippen LogP contribution in [0.25, 0.3) is 0 Å². The highest BCUT2D eigenvalue weighted by molar-refractivity contribution is 5.13. The van der Waals surface area contributed by atoms with E-state index in [1.54, 1.807) is 7.11 Å². The molecule has 4 nitrogen and oxygen atoms in total. The van der Waals surface area contributed by atoms with Crippen molar-refractivity contribution >= 4 is 0 Å². The molecule has 0 radical (unpaired) electrons. The standard InChI is InChI=1S/C19H28O4/c1-4-8-18-15(2)19(22-14-20-3)11-17(23-18)13-21-12-16-9-6-5-7-10-16/h4-10,15,17-19H,11-14H2,1-3H3/b8-4+/t15-,17-,18-,19-/m1/s1. The van der Waals surface area contributed by atoms with Gasteiger partial charge in [-0.05, 0) is 12.5 Å². The number of methoxy groups -OCH3 is 1. The summed E-state index contributed by atoms with van der Waals surface area (Å²) >= 11 is 0. The van der Waals surface area contributed by atoms with Crippen LogP contribution in [0.3, 0.4) is 0 Å². The van der Waals surface area contributed by atoms with Gasteiger partial charge in [0.2, 0.25) is 0 Å². The Morgan fingerprint density at radius 2 is 2.04 bits per heavy atom. The Labute approximate surface area is 139 Å². The van der Waals surface area contributed by atoms with Crippen molar-refractivity contribution in [2.24, 2.45) is 5.92 Å². The van der Waals surface area contributed by atoms with Gasteiger partial charge in [0, 0.05) is 19.4 Å². The average Bonchev–Trinajstić information content (AvgIpc) is 2.57. The van der Waals surface area contributed by atoms with Gasteiger partial charge in [0.15, 0.2) is 0 Å². The van der Waals surface area contributed by atoms with Crippen molar-refractivity contribution in [3.8, 4) is 0 Å². The normalized spacial score (nSPS) is 28.3. The minimum absolute atomic E-state index is 0.0398. The van der Waals surface area contributed by atoms with Crippen LogP contribution in [0.15, 0.2) is 42.5 Å². The van der Waals surface area contributed by atoms with Gasteiger partial charge in [0.25, 0.3) is 0 Å². The maximum atomic E-state index is 6.15.